The highest BCUT2D eigenvalue weighted by Gasteiger charge is 2.37. The minimum Gasteiger partial charge on any atom is -0.491 e. The van der Waals surface area contributed by atoms with Crippen LogP contribution < -0.4 is 23.7 Å². The van der Waals surface area contributed by atoms with Gasteiger partial charge in [-0.15, -0.1) is 0 Å². The number of aromatic nitrogens is 13. The Bertz CT molecular complexity index is 7190. The molecular weight excluding hydrogens is 1700 g/mol. The standard InChI is InChI=1S/C29H28N4O3.C27H23FN4O2.C27H26N4O2.C25H21N5O2/c1-4-7-27(34)32-16-6-10-25(32)29-31-28(26-19-30-15-17-33(26)29)21-11-13-22(14-12-21)36-24-9-5-8-23(18-24)35-20(2)3;1-2-6-25(33)31-15-4-3-9-23(31)27-30-26(24-18-29-14-16-32(24)27)19-10-12-21(13-11-19)34-22-8-5-7-20(28)17-22;1-3-25(32)30-15-5-4-9-23(30)27-29-26(24-18-28-14-16-31(24)27)20-10-12-21(13-11-20)33-22-8-6-7-19(2)17-22;1-2-7-23(31)29-14-6-10-21(29)25-28-24(22-17-26-13-15-30(22)25)20-12-11-19(16-27-20)32-18-8-4-3-5-9-18/h5,8-9,11-15,17-20,25H,6,10,16H2,1-3H3;5,7-8,10-14,16-18,23H,3-4,9,15H2,1H3;3,6-8,10-14,16-18,23H,1,4-5,9,15H2,2H3;3-5,8-9,11-13,15-17,21H,6,10,14H2,1H3/t25-;2*23-;21-/m0000/s1. The van der Waals surface area contributed by atoms with E-state index in [1.165, 1.54) is 18.2 Å². The number of hydrogen-bond donors (Lipinski definition) is 0. The van der Waals surface area contributed by atoms with Crippen molar-refractivity contribution in [3.63, 3.8) is 0 Å². The summed E-state index contributed by atoms with van der Waals surface area (Å²) in [6, 6.07) is 57.7. The first-order chi connectivity index (χ1) is 66.0. The van der Waals surface area contributed by atoms with E-state index in [1.54, 1.807) is 81.2 Å². The fourth-order valence-corrected chi connectivity index (χ4v) is 17.5. The molecule has 9 aromatic heterocycles. The first-order valence-electron chi connectivity index (χ1n) is 45.1. The van der Waals surface area contributed by atoms with E-state index in [4.69, 9.17) is 43.6 Å². The molecule has 0 radical (unpaired) electrons. The van der Waals surface area contributed by atoms with Gasteiger partial charge in [-0.3, -0.25) is 61.7 Å². The number of nitrogens with zero attached hydrogens (tertiary/aromatic N) is 17. The zero-order chi connectivity index (χ0) is 93.3. The summed E-state index contributed by atoms with van der Waals surface area (Å²) in [7, 11) is 0. The molecule has 676 valence electrons. The summed E-state index contributed by atoms with van der Waals surface area (Å²) >= 11 is 0. The predicted molar refractivity (Wildman–Crippen MR) is 513 cm³/mol. The number of carbonyl (C=O) groups is 4. The number of fused-ring (bicyclic) bond motifs is 4. The quantitative estimate of drug-likeness (QED) is 0.0538. The van der Waals surface area contributed by atoms with Gasteiger partial charge in [-0.05, 0) is 269 Å². The fourth-order valence-electron chi connectivity index (χ4n) is 17.5. The molecule has 20 rings (SSSR count). The van der Waals surface area contributed by atoms with Crippen LogP contribution in [0.25, 0.3) is 67.2 Å². The Morgan fingerprint density at radius 3 is 1.16 bits per heavy atom. The van der Waals surface area contributed by atoms with Gasteiger partial charge in [0.15, 0.2) is 0 Å². The molecule has 0 unspecified atom stereocenters. The molecule has 26 nitrogen and oxygen atoms in total. The lowest BCUT2D eigenvalue weighted by molar-refractivity contribution is -0.130. The number of likely N-dealkylation sites (tertiary alicyclic amines) is 4. The Kier molecular flexibility index (Phi) is 28.2. The van der Waals surface area contributed by atoms with Crippen molar-refractivity contribution in [2.24, 2.45) is 0 Å². The summed E-state index contributed by atoms with van der Waals surface area (Å²) in [6.07, 6.45) is 34.2. The van der Waals surface area contributed by atoms with Gasteiger partial charge in [0.2, 0.25) is 5.91 Å². The topological polar surface area (TPSA) is 261 Å². The average molecular weight is 1800 g/mol. The van der Waals surface area contributed by atoms with Gasteiger partial charge in [0, 0.05) is 105 Å². The number of amides is 4. The van der Waals surface area contributed by atoms with Gasteiger partial charge in [0.25, 0.3) is 17.7 Å². The Hall–Kier alpha value is -16.6. The van der Waals surface area contributed by atoms with Crippen molar-refractivity contribution < 1.29 is 47.3 Å². The molecule has 0 saturated carbocycles. The van der Waals surface area contributed by atoms with E-state index in [2.05, 4.69) is 71.4 Å². The summed E-state index contributed by atoms with van der Waals surface area (Å²) < 4.78 is 51.0. The van der Waals surface area contributed by atoms with E-state index >= 15 is 0 Å². The number of halogens is 1. The third kappa shape index (κ3) is 20.8. The number of ether oxygens (including phenoxy) is 5. The number of piperidine rings is 2. The molecule has 4 saturated heterocycles. The van der Waals surface area contributed by atoms with Crippen molar-refractivity contribution in [3.05, 3.63) is 316 Å². The minimum atomic E-state index is -0.348. The second kappa shape index (κ2) is 42.1. The Morgan fingerprint density at radius 2 is 0.741 bits per heavy atom. The van der Waals surface area contributed by atoms with Crippen LogP contribution in [-0.4, -0.2) is 138 Å². The highest BCUT2D eigenvalue weighted by atomic mass is 19.1. The summed E-state index contributed by atoms with van der Waals surface area (Å²) in [6.45, 7) is 17.5. The molecule has 16 aromatic rings. The van der Waals surface area contributed by atoms with E-state index < -0.39 is 0 Å². The molecule has 0 bridgehead atoms. The highest BCUT2D eigenvalue weighted by molar-refractivity contribution is 5.95. The number of carbonyl (C=O) groups excluding carboxylic acids is 4. The molecule has 4 atom stereocenters. The lowest BCUT2D eigenvalue weighted by atomic mass is 10.0. The molecule has 13 heterocycles. The van der Waals surface area contributed by atoms with Crippen LogP contribution in [0, 0.1) is 48.3 Å². The normalized spacial score (nSPS) is 15.5. The van der Waals surface area contributed by atoms with Crippen LogP contribution in [0.4, 0.5) is 4.39 Å². The van der Waals surface area contributed by atoms with Gasteiger partial charge in [-0.1, -0.05) is 66.8 Å². The van der Waals surface area contributed by atoms with Crippen molar-refractivity contribution in [1.82, 2.24) is 82.1 Å². The minimum absolute atomic E-state index is 0.0512. The van der Waals surface area contributed by atoms with E-state index in [1.807, 2.05) is 250 Å². The van der Waals surface area contributed by atoms with Crippen LogP contribution in [0.5, 0.6) is 51.7 Å². The molecule has 135 heavy (non-hydrogen) atoms. The number of hydrogen-bond acceptors (Lipinski definition) is 18. The summed E-state index contributed by atoms with van der Waals surface area (Å²) in [5.74, 6) is 24.8. The van der Waals surface area contributed by atoms with E-state index in [-0.39, 0.29) is 59.7 Å². The maximum absolute atomic E-state index is 13.5. The second-order valence-electron chi connectivity index (χ2n) is 32.9. The number of rotatable bonds is 19. The first kappa shape index (κ1) is 90.3. The van der Waals surface area contributed by atoms with Crippen LogP contribution >= 0.6 is 0 Å². The highest BCUT2D eigenvalue weighted by Crippen LogP contribution is 2.42. The van der Waals surface area contributed by atoms with Crippen LogP contribution in [0.2, 0.25) is 0 Å². The Morgan fingerprint density at radius 1 is 0.385 bits per heavy atom. The SMILES string of the molecule is C=CC(=O)N1CCCC[C@H]1c1nc(-c2ccc(Oc3cccc(C)c3)cc2)c2cnccn12.CC#CC(=O)N1CCCC[C@H]1c1nc(-c2ccc(Oc3cccc(F)c3)cc2)c2cnccn12.CC#CC(=O)N1CCC[C@H]1c1nc(-c2ccc(Oc3cccc(OC(C)C)c3)cc2)c2cnccn12.CC#CC(=O)N1CCC[C@H]1c1nc(-c2ccc(Oc3ccccc3)cn2)c2cnccn12. The monoisotopic (exact) mass is 1800 g/mol. The average Bonchev–Trinajstić information content (AvgIpc) is 1.63. The molecule has 0 spiro atoms. The maximum Gasteiger partial charge on any atom is 0.299 e. The van der Waals surface area contributed by atoms with Gasteiger partial charge in [-0.2, -0.15) is 0 Å². The number of pyridine rings is 1. The summed E-state index contributed by atoms with van der Waals surface area (Å²) in [5.41, 5.74) is 11.3. The molecule has 4 aliphatic heterocycles. The molecule has 27 heteroatoms. The summed E-state index contributed by atoms with van der Waals surface area (Å²) in [4.78, 5) is 99.4. The van der Waals surface area contributed by atoms with Crippen molar-refractivity contribution in [2.75, 3.05) is 26.2 Å². The van der Waals surface area contributed by atoms with Gasteiger partial charge >= 0.3 is 0 Å². The molecular formula is C108H98FN17O9. The van der Waals surface area contributed by atoms with Crippen molar-refractivity contribution in [1.29, 1.82) is 0 Å². The largest absolute Gasteiger partial charge is 0.491 e. The fraction of sp³-hybridized carbons (Fsp3) is 0.231. The van der Waals surface area contributed by atoms with Crippen LogP contribution in [-0.2, 0) is 19.2 Å². The Balaban J connectivity index is 0.000000125. The number of aryl methyl sites for hydroxylation is 1. The van der Waals surface area contributed by atoms with Crippen LogP contribution in [0.3, 0.4) is 0 Å². The first-order valence-corrected chi connectivity index (χ1v) is 45.1. The molecule has 4 amide bonds. The number of benzene rings is 7. The van der Waals surface area contributed by atoms with Gasteiger partial charge in [-0.25, -0.2) is 24.3 Å². The van der Waals surface area contributed by atoms with E-state index in [0.717, 1.165) is 184 Å². The van der Waals surface area contributed by atoms with Gasteiger partial charge in [0.1, 0.15) is 86.6 Å². The molecule has 7 aromatic carbocycles. The molecule has 4 aliphatic rings. The van der Waals surface area contributed by atoms with Gasteiger partial charge < -0.3 is 43.3 Å². The predicted octanol–water partition coefficient (Wildman–Crippen LogP) is 21.1. The lowest BCUT2D eigenvalue weighted by Gasteiger charge is -2.34. The maximum atomic E-state index is 13.5. The summed E-state index contributed by atoms with van der Waals surface area (Å²) in [5, 5.41) is 0. The third-order valence-corrected chi connectivity index (χ3v) is 23.5. The Labute approximate surface area is 781 Å². The van der Waals surface area contributed by atoms with Gasteiger partial charge in [0.05, 0.1) is 106 Å². The molecule has 4 fully saturated rings. The zero-order valence-electron chi connectivity index (χ0n) is 75.6. The number of imidazole rings is 4. The smallest absolute Gasteiger partial charge is 0.299 e. The second-order valence-corrected chi connectivity index (χ2v) is 32.9. The van der Waals surface area contributed by atoms with Crippen molar-refractivity contribution in [3.8, 4) is 132 Å². The third-order valence-electron chi connectivity index (χ3n) is 23.5. The zero-order valence-corrected chi connectivity index (χ0v) is 75.6. The van der Waals surface area contributed by atoms with Crippen molar-refractivity contribution in [2.45, 2.75) is 136 Å². The van der Waals surface area contributed by atoms with E-state index in [0.29, 0.717) is 54.1 Å². The van der Waals surface area contributed by atoms with Crippen molar-refractivity contribution >= 4 is 45.7 Å². The lowest BCUT2D eigenvalue weighted by Crippen LogP contribution is -2.38. The number of para-hydroxylation sites is 1. The van der Waals surface area contributed by atoms with Crippen LogP contribution in [0.1, 0.15) is 152 Å². The molecule has 0 N–H and O–H groups in total. The van der Waals surface area contributed by atoms with Crippen LogP contribution in [0.15, 0.2) is 281 Å². The molecule has 0 aliphatic carbocycles. The van der Waals surface area contributed by atoms with E-state index in [9.17, 15) is 23.6 Å².